The van der Waals surface area contributed by atoms with Gasteiger partial charge >= 0.3 is 0 Å². The number of nitrogens with zero attached hydrogens (tertiary/aromatic N) is 1. The molecule has 19 heavy (non-hydrogen) atoms. The summed E-state index contributed by atoms with van der Waals surface area (Å²) >= 11 is 4.28. The van der Waals surface area contributed by atoms with E-state index >= 15 is 0 Å². The zero-order chi connectivity index (χ0) is 13.9. The van der Waals surface area contributed by atoms with Crippen LogP contribution in [0.25, 0.3) is 0 Å². The van der Waals surface area contributed by atoms with Crippen LogP contribution in [0.5, 0.6) is 0 Å². The number of hydrogen-bond acceptors (Lipinski definition) is 3. The molecule has 0 radical (unpaired) electrons. The molecule has 1 heterocycles. The van der Waals surface area contributed by atoms with Gasteiger partial charge < -0.3 is 10.6 Å². The monoisotopic (exact) mass is 286 g/mol. The van der Waals surface area contributed by atoms with Crippen molar-refractivity contribution in [1.29, 1.82) is 0 Å². The number of nitrogens with two attached hydrogens (primary N) is 1. The van der Waals surface area contributed by atoms with Crippen molar-refractivity contribution in [2.75, 3.05) is 25.4 Å². The Kier molecular flexibility index (Phi) is 9.35. The molecular formula is C15H30N2OS. The van der Waals surface area contributed by atoms with Gasteiger partial charge in [0.1, 0.15) is 0 Å². The average molecular weight is 286 g/mol. The molecule has 1 saturated heterocycles. The number of thiol groups is 1. The maximum Gasteiger partial charge on any atom is 0.222 e. The van der Waals surface area contributed by atoms with Crippen LogP contribution < -0.4 is 5.73 Å². The van der Waals surface area contributed by atoms with Crippen molar-refractivity contribution in [3.8, 4) is 0 Å². The summed E-state index contributed by atoms with van der Waals surface area (Å²) in [5.74, 6) is 1.66. The largest absolute Gasteiger partial charge is 0.342 e. The first kappa shape index (κ1) is 16.8. The lowest BCUT2D eigenvalue weighted by atomic mass is 10.1. The molecule has 0 aromatic carbocycles. The standard InChI is InChI=1S/C15H30N2OS/c16-9-7-5-3-1-2-4-6-8-10-17-12-14(13-19)11-15(17)18/h14,19H,1-13,16H2. The summed E-state index contributed by atoms with van der Waals surface area (Å²) in [7, 11) is 0. The van der Waals surface area contributed by atoms with Crippen LogP contribution in [0.3, 0.4) is 0 Å². The molecule has 3 nitrogen and oxygen atoms in total. The van der Waals surface area contributed by atoms with Crippen LogP contribution in [0.1, 0.15) is 57.8 Å². The van der Waals surface area contributed by atoms with Gasteiger partial charge in [-0.05, 0) is 31.1 Å². The Hall–Kier alpha value is -0.220. The molecule has 1 aliphatic rings. The lowest BCUT2D eigenvalue weighted by molar-refractivity contribution is -0.127. The van der Waals surface area contributed by atoms with Gasteiger partial charge in [-0.2, -0.15) is 12.6 Å². The minimum atomic E-state index is 0.334. The second-order valence-corrected chi connectivity index (χ2v) is 6.07. The number of amides is 1. The Balaban J connectivity index is 1.90. The average Bonchev–Trinajstić information content (AvgIpc) is 2.78. The Morgan fingerprint density at radius 2 is 1.63 bits per heavy atom. The van der Waals surface area contributed by atoms with E-state index in [1.165, 1.54) is 44.9 Å². The fourth-order valence-electron chi connectivity index (χ4n) is 2.70. The number of carbonyl (C=O) groups excluding carboxylic acids is 1. The summed E-state index contributed by atoms with van der Waals surface area (Å²) in [6.45, 7) is 2.72. The van der Waals surface area contributed by atoms with Gasteiger partial charge in [0.2, 0.25) is 5.91 Å². The zero-order valence-corrected chi connectivity index (χ0v) is 13.0. The smallest absolute Gasteiger partial charge is 0.222 e. The summed E-state index contributed by atoms with van der Waals surface area (Å²) in [6.07, 6.45) is 10.9. The van der Waals surface area contributed by atoms with Crippen molar-refractivity contribution in [1.82, 2.24) is 4.90 Å². The van der Waals surface area contributed by atoms with Crippen molar-refractivity contribution in [2.45, 2.75) is 57.8 Å². The van der Waals surface area contributed by atoms with Crippen LogP contribution in [0.15, 0.2) is 0 Å². The molecule has 0 aromatic heterocycles. The first-order chi connectivity index (χ1) is 9.27. The van der Waals surface area contributed by atoms with E-state index in [0.717, 1.165) is 31.8 Å². The molecule has 112 valence electrons. The van der Waals surface area contributed by atoms with E-state index in [1.807, 2.05) is 4.90 Å². The summed E-state index contributed by atoms with van der Waals surface area (Å²) in [4.78, 5) is 13.7. The third kappa shape index (κ3) is 7.21. The van der Waals surface area contributed by atoms with Crippen LogP contribution in [0, 0.1) is 5.92 Å². The van der Waals surface area contributed by atoms with Gasteiger partial charge in [-0.15, -0.1) is 0 Å². The first-order valence-corrected chi connectivity index (χ1v) is 8.50. The summed E-state index contributed by atoms with van der Waals surface area (Å²) in [6, 6.07) is 0. The molecule has 1 atom stereocenters. The van der Waals surface area contributed by atoms with Crippen molar-refractivity contribution in [3.63, 3.8) is 0 Å². The normalized spacial score (nSPS) is 19.4. The number of carbonyl (C=O) groups is 1. The maximum absolute atomic E-state index is 11.7. The van der Waals surface area contributed by atoms with Crippen molar-refractivity contribution in [3.05, 3.63) is 0 Å². The van der Waals surface area contributed by atoms with Crippen LogP contribution in [0.2, 0.25) is 0 Å². The zero-order valence-electron chi connectivity index (χ0n) is 12.1. The molecule has 2 N–H and O–H groups in total. The van der Waals surface area contributed by atoms with E-state index in [0.29, 0.717) is 18.2 Å². The highest BCUT2D eigenvalue weighted by Crippen LogP contribution is 2.19. The third-order valence-corrected chi connectivity index (χ3v) is 4.45. The molecule has 1 amide bonds. The van der Waals surface area contributed by atoms with Gasteiger partial charge in [-0.25, -0.2) is 0 Å². The van der Waals surface area contributed by atoms with E-state index in [4.69, 9.17) is 5.73 Å². The Labute approximate surface area is 123 Å². The van der Waals surface area contributed by atoms with Crippen molar-refractivity contribution in [2.24, 2.45) is 11.7 Å². The van der Waals surface area contributed by atoms with Crippen LogP contribution >= 0.6 is 12.6 Å². The number of unbranched alkanes of at least 4 members (excludes halogenated alkanes) is 7. The van der Waals surface area contributed by atoms with E-state index in [1.54, 1.807) is 0 Å². The topological polar surface area (TPSA) is 46.3 Å². The van der Waals surface area contributed by atoms with E-state index in [-0.39, 0.29) is 0 Å². The summed E-state index contributed by atoms with van der Waals surface area (Å²) < 4.78 is 0. The molecule has 0 aromatic rings. The highest BCUT2D eigenvalue weighted by Gasteiger charge is 2.27. The first-order valence-electron chi connectivity index (χ1n) is 7.86. The van der Waals surface area contributed by atoms with Crippen LogP contribution in [-0.4, -0.2) is 36.2 Å². The molecule has 1 rings (SSSR count). The fourth-order valence-corrected chi connectivity index (χ4v) is 2.94. The van der Waals surface area contributed by atoms with Gasteiger partial charge in [0.15, 0.2) is 0 Å². The molecule has 1 unspecified atom stereocenters. The van der Waals surface area contributed by atoms with Gasteiger partial charge in [0.25, 0.3) is 0 Å². The highest BCUT2D eigenvalue weighted by atomic mass is 32.1. The molecule has 1 aliphatic heterocycles. The Morgan fingerprint density at radius 1 is 1.05 bits per heavy atom. The maximum atomic E-state index is 11.7. The number of hydrogen-bond donors (Lipinski definition) is 2. The molecular weight excluding hydrogens is 256 g/mol. The molecule has 0 spiro atoms. The van der Waals surface area contributed by atoms with E-state index in [9.17, 15) is 4.79 Å². The molecule has 0 aliphatic carbocycles. The third-order valence-electron chi connectivity index (χ3n) is 3.93. The predicted octanol–water partition coefficient (Wildman–Crippen LogP) is 2.84. The summed E-state index contributed by atoms with van der Waals surface area (Å²) in [5, 5.41) is 0. The second kappa shape index (κ2) is 10.6. The lowest BCUT2D eigenvalue weighted by Crippen LogP contribution is -2.26. The van der Waals surface area contributed by atoms with Gasteiger partial charge in [-0.3, -0.25) is 4.79 Å². The molecule has 4 heteroatoms. The van der Waals surface area contributed by atoms with E-state index < -0.39 is 0 Å². The van der Waals surface area contributed by atoms with E-state index in [2.05, 4.69) is 12.6 Å². The quantitative estimate of drug-likeness (QED) is 0.453. The predicted molar refractivity (Wildman–Crippen MR) is 84.5 cm³/mol. The Morgan fingerprint density at radius 3 is 2.16 bits per heavy atom. The van der Waals surface area contributed by atoms with Crippen LogP contribution in [-0.2, 0) is 4.79 Å². The van der Waals surface area contributed by atoms with Crippen molar-refractivity contribution >= 4 is 18.5 Å². The minimum absolute atomic E-state index is 0.334. The number of rotatable bonds is 11. The summed E-state index contributed by atoms with van der Waals surface area (Å²) in [5.41, 5.74) is 5.46. The Bertz CT molecular complexity index is 248. The minimum Gasteiger partial charge on any atom is -0.342 e. The molecule has 0 saturated carbocycles. The highest BCUT2D eigenvalue weighted by molar-refractivity contribution is 7.80. The second-order valence-electron chi connectivity index (χ2n) is 5.71. The van der Waals surface area contributed by atoms with Gasteiger partial charge in [0.05, 0.1) is 0 Å². The molecule has 0 bridgehead atoms. The number of likely N-dealkylation sites (tertiary alicyclic amines) is 1. The van der Waals surface area contributed by atoms with Crippen molar-refractivity contribution < 1.29 is 4.79 Å². The van der Waals surface area contributed by atoms with Gasteiger partial charge in [-0.1, -0.05) is 38.5 Å². The van der Waals surface area contributed by atoms with Crippen LogP contribution in [0.4, 0.5) is 0 Å². The lowest BCUT2D eigenvalue weighted by Gasteiger charge is -2.16. The SMILES string of the molecule is NCCCCCCCCCCN1CC(CS)CC1=O. The van der Waals surface area contributed by atoms with Gasteiger partial charge in [0, 0.05) is 19.5 Å². The molecule has 1 fully saturated rings. The fraction of sp³-hybridized carbons (Fsp3) is 0.933.